The number of rotatable bonds is 5. The van der Waals surface area contributed by atoms with Crippen LogP contribution in [0, 0.1) is 12.8 Å². The topological polar surface area (TPSA) is 51.5 Å². The number of methoxy groups -OCH3 is 1. The Morgan fingerprint density at radius 3 is 2.83 bits per heavy atom. The van der Waals surface area contributed by atoms with Crippen LogP contribution in [0.1, 0.15) is 36.3 Å². The first-order valence-electron chi connectivity index (χ1n) is 7.80. The predicted octanol–water partition coefficient (Wildman–Crippen LogP) is 4.37. The van der Waals surface area contributed by atoms with Gasteiger partial charge in [-0.3, -0.25) is 4.79 Å². The third-order valence-electron chi connectivity index (χ3n) is 4.13. The molecule has 1 aliphatic rings. The average Bonchev–Trinajstić information content (AvgIpc) is 3.07. The maximum atomic E-state index is 12.1. The molecule has 0 saturated heterocycles. The van der Waals surface area contributed by atoms with Gasteiger partial charge in [0, 0.05) is 12.0 Å². The summed E-state index contributed by atoms with van der Waals surface area (Å²) in [5.74, 6) is 3.38. The molecule has 2 atom stereocenters. The second-order valence-electron chi connectivity index (χ2n) is 6.09. The number of carbonyl (C=O) groups is 1. The Labute approximate surface area is 136 Å². The van der Waals surface area contributed by atoms with Crippen LogP contribution in [0.4, 0.5) is 5.69 Å². The monoisotopic (exact) mass is 311 g/mol. The highest BCUT2D eigenvalue weighted by molar-refractivity contribution is 6.02. The van der Waals surface area contributed by atoms with Crippen LogP contribution in [-0.4, -0.2) is 13.0 Å². The van der Waals surface area contributed by atoms with E-state index < -0.39 is 0 Å². The third kappa shape index (κ3) is 3.65. The molecule has 1 N–H and O–H groups in total. The minimum absolute atomic E-state index is 0.216. The molecule has 1 saturated carbocycles. The summed E-state index contributed by atoms with van der Waals surface area (Å²) in [4.78, 5) is 12.1. The van der Waals surface area contributed by atoms with Gasteiger partial charge in [-0.2, -0.15) is 0 Å². The van der Waals surface area contributed by atoms with Crippen molar-refractivity contribution < 1.29 is 13.9 Å². The molecule has 2 unspecified atom stereocenters. The van der Waals surface area contributed by atoms with Crippen LogP contribution in [0.5, 0.6) is 5.75 Å². The van der Waals surface area contributed by atoms with Gasteiger partial charge in [0.1, 0.15) is 17.3 Å². The Balaban J connectivity index is 1.65. The van der Waals surface area contributed by atoms with Gasteiger partial charge in [0.25, 0.3) is 0 Å². The van der Waals surface area contributed by atoms with Gasteiger partial charge in [0.2, 0.25) is 5.91 Å². The van der Waals surface area contributed by atoms with Crippen molar-refractivity contribution in [1.82, 2.24) is 0 Å². The molecule has 0 aliphatic heterocycles. The number of hydrogen-bond donors (Lipinski definition) is 1. The second kappa shape index (κ2) is 6.32. The fourth-order valence-corrected chi connectivity index (χ4v) is 2.63. The quantitative estimate of drug-likeness (QED) is 0.834. The highest BCUT2D eigenvalue weighted by Crippen LogP contribution is 2.47. The van der Waals surface area contributed by atoms with Crippen LogP contribution in [0.2, 0.25) is 0 Å². The fraction of sp³-hybridized carbons (Fsp3) is 0.316. The molecule has 4 nitrogen and oxygen atoms in total. The number of amides is 1. The molecule has 1 aromatic carbocycles. The van der Waals surface area contributed by atoms with Gasteiger partial charge in [-0.1, -0.05) is 13.0 Å². The van der Waals surface area contributed by atoms with Crippen LogP contribution in [0.15, 0.2) is 40.8 Å². The third-order valence-corrected chi connectivity index (χ3v) is 4.13. The van der Waals surface area contributed by atoms with Crippen LogP contribution >= 0.6 is 0 Å². The molecule has 2 aromatic rings. The van der Waals surface area contributed by atoms with E-state index >= 15 is 0 Å². The SMILES string of the molecule is COc1ccc(C)cc1NC(=O)/C=C/c1ccc(C2CC2C)o1. The van der Waals surface area contributed by atoms with E-state index in [2.05, 4.69) is 12.2 Å². The molecule has 4 heteroatoms. The summed E-state index contributed by atoms with van der Waals surface area (Å²) in [5.41, 5.74) is 1.72. The van der Waals surface area contributed by atoms with Gasteiger partial charge in [-0.25, -0.2) is 0 Å². The van der Waals surface area contributed by atoms with Gasteiger partial charge in [-0.05, 0) is 55.2 Å². The molecule has 0 bridgehead atoms. The molecule has 1 amide bonds. The Morgan fingerprint density at radius 2 is 2.13 bits per heavy atom. The summed E-state index contributed by atoms with van der Waals surface area (Å²) in [6.07, 6.45) is 4.35. The lowest BCUT2D eigenvalue weighted by Gasteiger charge is -2.09. The van der Waals surface area contributed by atoms with Gasteiger partial charge < -0.3 is 14.5 Å². The summed E-state index contributed by atoms with van der Waals surface area (Å²) >= 11 is 0. The van der Waals surface area contributed by atoms with Crippen molar-refractivity contribution >= 4 is 17.7 Å². The number of carbonyl (C=O) groups excluding carboxylic acids is 1. The number of hydrogen-bond acceptors (Lipinski definition) is 3. The summed E-state index contributed by atoms with van der Waals surface area (Å²) in [5, 5.41) is 2.83. The predicted molar refractivity (Wildman–Crippen MR) is 90.6 cm³/mol. The smallest absolute Gasteiger partial charge is 0.248 e. The first kappa shape index (κ1) is 15.4. The Morgan fingerprint density at radius 1 is 1.35 bits per heavy atom. The van der Waals surface area contributed by atoms with Crippen molar-refractivity contribution in [3.63, 3.8) is 0 Å². The van der Waals surface area contributed by atoms with E-state index in [1.165, 1.54) is 12.5 Å². The summed E-state index contributed by atoms with van der Waals surface area (Å²) < 4.78 is 11.0. The molecule has 3 rings (SSSR count). The molecule has 1 heterocycles. The number of ether oxygens (including phenoxy) is 1. The average molecular weight is 311 g/mol. The van der Waals surface area contributed by atoms with Crippen molar-refractivity contribution in [2.24, 2.45) is 5.92 Å². The zero-order valence-corrected chi connectivity index (χ0v) is 13.6. The fourth-order valence-electron chi connectivity index (χ4n) is 2.63. The number of anilines is 1. The summed E-state index contributed by atoms with van der Waals surface area (Å²) in [6, 6.07) is 9.55. The minimum Gasteiger partial charge on any atom is -0.495 e. The van der Waals surface area contributed by atoms with Crippen molar-refractivity contribution in [3.05, 3.63) is 53.5 Å². The lowest BCUT2D eigenvalue weighted by molar-refractivity contribution is -0.111. The van der Waals surface area contributed by atoms with E-state index in [0.717, 1.165) is 11.3 Å². The maximum absolute atomic E-state index is 12.1. The van der Waals surface area contributed by atoms with Crippen molar-refractivity contribution in [2.75, 3.05) is 12.4 Å². The van der Waals surface area contributed by atoms with Gasteiger partial charge in [0.15, 0.2) is 0 Å². The summed E-state index contributed by atoms with van der Waals surface area (Å²) in [6.45, 7) is 4.18. The standard InChI is InChI=1S/C19H21NO3/c1-12-4-7-18(22-3)16(10-12)20-19(21)9-6-14-5-8-17(23-14)15-11-13(15)2/h4-10,13,15H,11H2,1-3H3,(H,20,21)/b9-6+. The molecular weight excluding hydrogens is 290 g/mol. The van der Waals surface area contributed by atoms with E-state index in [4.69, 9.17) is 9.15 Å². The van der Waals surface area contributed by atoms with E-state index in [-0.39, 0.29) is 5.91 Å². The minimum atomic E-state index is -0.216. The largest absolute Gasteiger partial charge is 0.495 e. The molecule has 120 valence electrons. The van der Waals surface area contributed by atoms with Crippen molar-refractivity contribution in [3.8, 4) is 5.75 Å². The number of furan rings is 1. The van der Waals surface area contributed by atoms with Crippen LogP contribution in [0.25, 0.3) is 6.08 Å². The summed E-state index contributed by atoms with van der Waals surface area (Å²) in [7, 11) is 1.58. The maximum Gasteiger partial charge on any atom is 0.248 e. The molecule has 23 heavy (non-hydrogen) atoms. The molecule has 1 aromatic heterocycles. The lowest BCUT2D eigenvalue weighted by atomic mass is 10.2. The normalized spacial score (nSPS) is 19.8. The molecular formula is C19H21NO3. The first-order valence-corrected chi connectivity index (χ1v) is 7.80. The van der Waals surface area contributed by atoms with Crippen molar-refractivity contribution in [2.45, 2.75) is 26.2 Å². The van der Waals surface area contributed by atoms with Gasteiger partial charge >= 0.3 is 0 Å². The van der Waals surface area contributed by atoms with Crippen LogP contribution in [-0.2, 0) is 4.79 Å². The van der Waals surface area contributed by atoms with E-state index in [9.17, 15) is 4.79 Å². The van der Waals surface area contributed by atoms with E-state index in [1.54, 1.807) is 13.2 Å². The Kier molecular flexibility index (Phi) is 4.24. The number of nitrogens with one attached hydrogen (secondary N) is 1. The zero-order chi connectivity index (χ0) is 16.4. The van der Waals surface area contributed by atoms with Crippen LogP contribution < -0.4 is 10.1 Å². The van der Waals surface area contributed by atoms with E-state index in [1.807, 2.05) is 37.3 Å². The van der Waals surface area contributed by atoms with Gasteiger partial charge in [0.05, 0.1) is 12.8 Å². The molecule has 0 radical (unpaired) electrons. The number of benzene rings is 1. The molecule has 1 fully saturated rings. The second-order valence-corrected chi connectivity index (χ2v) is 6.09. The molecule has 0 spiro atoms. The highest BCUT2D eigenvalue weighted by atomic mass is 16.5. The lowest BCUT2D eigenvalue weighted by Crippen LogP contribution is -2.09. The Bertz CT molecular complexity index is 745. The highest BCUT2D eigenvalue weighted by Gasteiger charge is 2.36. The molecule has 1 aliphatic carbocycles. The van der Waals surface area contributed by atoms with Crippen LogP contribution in [0.3, 0.4) is 0 Å². The van der Waals surface area contributed by atoms with E-state index in [0.29, 0.717) is 29.0 Å². The Hall–Kier alpha value is -2.49. The zero-order valence-electron chi connectivity index (χ0n) is 13.6. The van der Waals surface area contributed by atoms with Crippen molar-refractivity contribution in [1.29, 1.82) is 0 Å². The first-order chi connectivity index (χ1) is 11.1. The number of aryl methyl sites for hydroxylation is 1. The van der Waals surface area contributed by atoms with Gasteiger partial charge in [-0.15, -0.1) is 0 Å².